The lowest BCUT2D eigenvalue weighted by Gasteiger charge is -2.31. The predicted molar refractivity (Wildman–Crippen MR) is 111 cm³/mol. The van der Waals surface area contributed by atoms with E-state index >= 15 is 0 Å². The van der Waals surface area contributed by atoms with Gasteiger partial charge in [-0.25, -0.2) is 0 Å². The average Bonchev–Trinajstić information content (AvgIpc) is 3.29. The summed E-state index contributed by atoms with van der Waals surface area (Å²) >= 11 is 0. The third kappa shape index (κ3) is 3.07. The predicted octanol–water partition coefficient (Wildman–Crippen LogP) is 3.43. The Kier molecular flexibility index (Phi) is 3.51. The minimum absolute atomic E-state index is 0.584. The molecule has 1 aliphatic rings. The molecule has 2 aromatic carbocycles. The number of anilines is 1. The van der Waals surface area contributed by atoms with Crippen molar-refractivity contribution in [3.05, 3.63) is 78.4 Å². The van der Waals surface area contributed by atoms with Gasteiger partial charge in [-0.1, -0.05) is 6.07 Å². The number of allylic oxidation sites excluding steroid dienone is 1. The Morgan fingerprint density at radius 1 is 0.926 bits per heavy atom. The summed E-state index contributed by atoms with van der Waals surface area (Å²) in [6.45, 7) is 0. The second kappa shape index (κ2) is 6.03. The van der Waals surface area contributed by atoms with E-state index in [1.54, 1.807) is 6.21 Å². The molecular formula is C21H20N6. The number of nitrogens with two attached hydrogens (primary N) is 1. The number of rotatable bonds is 4. The number of aromatic nitrogens is 2. The quantitative estimate of drug-likeness (QED) is 0.388. The zero-order valence-electron chi connectivity index (χ0n) is 14.7. The number of hydrogen-bond acceptors (Lipinski definition) is 4. The Morgan fingerprint density at radius 2 is 1.67 bits per heavy atom. The van der Waals surface area contributed by atoms with E-state index in [2.05, 4.69) is 68.1 Å². The zero-order chi connectivity index (χ0) is 18.3. The van der Waals surface area contributed by atoms with Gasteiger partial charge >= 0.3 is 0 Å². The average molecular weight is 356 g/mol. The highest BCUT2D eigenvalue weighted by atomic mass is 15.3. The van der Waals surface area contributed by atoms with Gasteiger partial charge in [-0.05, 0) is 59.5 Å². The number of aliphatic imine (C=N–C) groups is 1. The molecule has 6 nitrogen and oxygen atoms in total. The second-order valence-corrected chi connectivity index (χ2v) is 6.89. The van der Waals surface area contributed by atoms with E-state index in [1.807, 2.05) is 24.5 Å². The first-order chi connectivity index (χ1) is 13.2. The van der Waals surface area contributed by atoms with Gasteiger partial charge in [-0.3, -0.25) is 10.7 Å². The third-order valence-corrected chi connectivity index (χ3v) is 4.82. The molecule has 0 fully saturated rings. The molecule has 4 aromatic rings. The fraction of sp³-hybridized carbons (Fsp3) is 0.0952. The standard InChI is InChI=1S/C21H20N6/c22-21(13-14-1-3-18-15(11-14)5-8-23-18)25-10-7-20(27-21)26-17-2-4-19-16(12-17)6-9-24-19/h1-12,23-24,26-27H,13,22H2. The molecule has 6 N–H and O–H groups in total. The fourth-order valence-electron chi connectivity index (χ4n) is 3.53. The summed E-state index contributed by atoms with van der Waals surface area (Å²) in [5.41, 5.74) is 10.9. The number of benzene rings is 2. The first-order valence-corrected chi connectivity index (χ1v) is 8.90. The Labute approximate surface area is 156 Å². The van der Waals surface area contributed by atoms with Gasteiger partial charge in [0.15, 0.2) is 5.79 Å². The maximum atomic E-state index is 6.53. The molecule has 134 valence electrons. The van der Waals surface area contributed by atoms with E-state index in [0.29, 0.717) is 6.42 Å². The normalized spacial score (nSPS) is 19.2. The van der Waals surface area contributed by atoms with Gasteiger partial charge < -0.3 is 20.6 Å². The van der Waals surface area contributed by atoms with Crippen LogP contribution in [0.2, 0.25) is 0 Å². The van der Waals surface area contributed by atoms with Crippen LogP contribution >= 0.6 is 0 Å². The summed E-state index contributed by atoms with van der Waals surface area (Å²) in [6, 6.07) is 16.6. The minimum atomic E-state index is -0.890. The van der Waals surface area contributed by atoms with Crippen LogP contribution in [0.15, 0.2) is 77.8 Å². The van der Waals surface area contributed by atoms with Gasteiger partial charge in [0.1, 0.15) is 5.82 Å². The summed E-state index contributed by atoms with van der Waals surface area (Å²) in [7, 11) is 0. The van der Waals surface area contributed by atoms with Crippen molar-refractivity contribution in [3.8, 4) is 0 Å². The number of nitrogens with one attached hydrogen (secondary N) is 4. The molecule has 27 heavy (non-hydrogen) atoms. The summed E-state index contributed by atoms with van der Waals surface area (Å²) in [5, 5.41) is 9.04. The van der Waals surface area contributed by atoms with Crippen molar-refractivity contribution in [2.24, 2.45) is 10.7 Å². The van der Waals surface area contributed by atoms with E-state index in [-0.39, 0.29) is 0 Å². The molecular weight excluding hydrogens is 336 g/mol. The molecule has 3 heterocycles. The van der Waals surface area contributed by atoms with Crippen molar-refractivity contribution < 1.29 is 0 Å². The number of nitrogens with zero attached hydrogens (tertiary/aromatic N) is 1. The second-order valence-electron chi connectivity index (χ2n) is 6.89. The summed E-state index contributed by atoms with van der Waals surface area (Å²) in [4.78, 5) is 10.9. The lowest BCUT2D eigenvalue weighted by Crippen LogP contribution is -2.55. The lowest BCUT2D eigenvalue weighted by atomic mass is 10.0. The maximum Gasteiger partial charge on any atom is 0.187 e. The monoisotopic (exact) mass is 356 g/mol. The lowest BCUT2D eigenvalue weighted by molar-refractivity contribution is 0.381. The zero-order valence-corrected chi connectivity index (χ0v) is 14.7. The first-order valence-electron chi connectivity index (χ1n) is 8.90. The van der Waals surface area contributed by atoms with Crippen LogP contribution in [0.1, 0.15) is 5.56 Å². The van der Waals surface area contributed by atoms with Crippen LogP contribution in [0.3, 0.4) is 0 Å². The van der Waals surface area contributed by atoms with E-state index in [4.69, 9.17) is 5.73 Å². The van der Waals surface area contributed by atoms with Gasteiger partial charge in [-0.15, -0.1) is 0 Å². The molecule has 0 saturated heterocycles. The Morgan fingerprint density at radius 3 is 2.48 bits per heavy atom. The molecule has 2 aromatic heterocycles. The molecule has 5 rings (SSSR count). The Bertz CT molecular complexity index is 1180. The van der Waals surface area contributed by atoms with Crippen molar-refractivity contribution in [2.75, 3.05) is 5.32 Å². The van der Waals surface area contributed by atoms with Crippen LogP contribution in [-0.4, -0.2) is 22.0 Å². The third-order valence-electron chi connectivity index (χ3n) is 4.82. The highest BCUT2D eigenvalue weighted by Gasteiger charge is 2.26. The van der Waals surface area contributed by atoms with Crippen LogP contribution < -0.4 is 16.4 Å². The number of fused-ring (bicyclic) bond motifs is 2. The fourth-order valence-corrected chi connectivity index (χ4v) is 3.53. The molecule has 1 aliphatic heterocycles. The van der Waals surface area contributed by atoms with Crippen molar-refractivity contribution in [1.82, 2.24) is 15.3 Å². The van der Waals surface area contributed by atoms with E-state index < -0.39 is 5.79 Å². The molecule has 1 unspecified atom stereocenters. The van der Waals surface area contributed by atoms with Crippen molar-refractivity contribution in [2.45, 2.75) is 12.2 Å². The molecule has 1 atom stereocenters. The van der Waals surface area contributed by atoms with Crippen LogP contribution in [0.4, 0.5) is 5.69 Å². The van der Waals surface area contributed by atoms with Crippen LogP contribution in [0.25, 0.3) is 21.8 Å². The summed E-state index contributed by atoms with van der Waals surface area (Å²) < 4.78 is 0. The van der Waals surface area contributed by atoms with E-state index in [0.717, 1.165) is 33.5 Å². The Balaban J connectivity index is 1.34. The van der Waals surface area contributed by atoms with Crippen LogP contribution in [-0.2, 0) is 6.42 Å². The number of H-pyrrole nitrogens is 2. The Hall–Kier alpha value is -3.51. The number of aromatic amines is 2. The maximum absolute atomic E-state index is 6.53. The highest BCUT2D eigenvalue weighted by Crippen LogP contribution is 2.22. The van der Waals surface area contributed by atoms with Crippen molar-refractivity contribution in [1.29, 1.82) is 0 Å². The summed E-state index contributed by atoms with van der Waals surface area (Å²) in [6.07, 6.45) is 8.10. The van der Waals surface area contributed by atoms with Crippen LogP contribution in [0, 0.1) is 0 Å². The van der Waals surface area contributed by atoms with Gasteiger partial charge in [-0.2, -0.15) is 0 Å². The largest absolute Gasteiger partial charge is 0.361 e. The van der Waals surface area contributed by atoms with Gasteiger partial charge in [0.25, 0.3) is 0 Å². The molecule has 0 radical (unpaired) electrons. The molecule has 0 spiro atoms. The molecule has 0 amide bonds. The smallest absolute Gasteiger partial charge is 0.187 e. The van der Waals surface area contributed by atoms with Crippen LogP contribution in [0.5, 0.6) is 0 Å². The first kappa shape index (κ1) is 15.7. The topological polar surface area (TPSA) is 94.0 Å². The molecule has 0 saturated carbocycles. The van der Waals surface area contributed by atoms with Crippen molar-refractivity contribution in [3.63, 3.8) is 0 Å². The SMILES string of the molecule is NC1(Cc2ccc3[nH]ccc3c2)N=CC=C(Nc2ccc3[nH]ccc3c2)N1. The minimum Gasteiger partial charge on any atom is -0.361 e. The molecule has 0 bridgehead atoms. The van der Waals surface area contributed by atoms with Gasteiger partial charge in [0.05, 0.1) is 0 Å². The molecule has 0 aliphatic carbocycles. The van der Waals surface area contributed by atoms with E-state index in [9.17, 15) is 0 Å². The number of hydrogen-bond donors (Lipinski definition) is 5. The van der Waals surface area contributed by atoms with E-state index in [1.165, 1.54) is 5.39 Å². The highest BCUT2D eigenvalue weighted by molar-refractivity contribution is 5.84. The van der Waals surface area contributed by atoms with Gasteiger partial charge in [0.2, 0.25) is 0 Å². The molecule has 6 heteroatoms. The van der Waals surface area contributed by atoms with Gasteiger partial charge in [0, 0.05) is 47.1 Å². The van der Waals surface area contributed by atoms with Crippen molar-refractivity contribution >= 4 is 33.7 Å². The summed E-state index contributed by atoms with van der Waals surface area (Å²) in [5.74, 6) is -0.0655.